The number of carbonyl (C=O) groups is 1. The zero-order valence-corrected chi connectivity index (χ0v) is 11.0. The third kappa shape index (κ3) is 2.63. The van der Waals surface area contributed by atoms with Crippen molar-refractivity contribution in [1.82, 2.24) is 10.2 Å². The summed E-state index contributed by atoms with van der Waals surface area (Å²) in [5, 5.41) is 2.90. The van der Waals surface area contributed by atoms with Crippen LogP contribution in [-0.4, -0.2) is 42.5 Å². The van der Waals surface area contributed by atoms with Crippen LogP contribution in [-0.2, 0) is 4.79 Å². The van der Waals surface area contributed by atoms with Crippen LogP contribution in [0.25, 0.3) is 0 Å². The Kier molecular flexibility index (Phi) is 4.05. The number of fused-ring (bicyclic) bond motifs is 1. The number of rotatable bonds is 3. The van der Waals surface area contributed by atoms with E-state index in [-0.39, 0.29) is 11.9 Å². The molecule has 4 heteroatoms. The van der Waals surface area contributed by atoms with E-state index >= 15 is 0 Å². The molecule has 0 aromatic carbocycles. The molecule has 2 rings (SSSR count). The van der Waals surface area contributed by atoms with E-state index in [1.54, 1.807) is 0 Å². The normalized spacial score (nSPS) is 35.4. The Morgan fingerprint density at radius 2 is 2.24 bits per heavy atom. The molecule has 1 amide bonds. The maximum Gasteiger partial charge on any atom is 0.237 e. The van der Waals surface area contributed by atoms with Crippen LogP contribution in [0.3, 0.4) is 0 Å². The van der Waals surface area contributed by atoms with Crippen LogP contribution in [0, 0.1) is 11.8 Å². The van der Waals surface area contributed by atoms with E-state index in [0.717, 1.165) is 25.4 Å². The molecule has 2 aliphatic rings. The first-order chi connectivity index (χ1) is 8.13. The standard InChI is InChI=1S/C13H25N3O/c1-3-15-13(17)9(2)16-7-10-5-4-6-12(14)11(10)8-16/h9-12H,3-8,14H2,1-2H3,(H,15,17). The van der Waals surface area contributed by atoms with Crippen molar-refractivity contribution in [2.75, 3.05) is 19.6 Å². The molecule has 0 radical (unpaired) electrons. The topological polar surface area (TPSA) is 58.4 Å². The molecule has 4 atom stereocenters. The molecule has 0 aromatic heterocycles. The number of carbonyl (C=O) groups excluding carboxylic acids is 1. The van der Waals surface area contributed by atoms with Gasteiger partial charge in [-0.15, -0.1) is 0 Å². The van der Waals surface area contributed by atoms with Crippen LogP contribution in [0.15, 0.2) is 0 Å². The van der Waals surface area contributed by atoms with Crippen LogP contribution in [0.2, 0.25) is 0 Å². The second-order valence-corrected chi connectivity index (χ2v) is 5.54. The summed E-state index contributed by atoms with van der Waals surface area (Å²) in [7, 11) is 0. The largest absolute Gasteiger partial charge is 0.355 e. The third-order valence-electron chi connectivity index (χ3n) is 4.46. The summed E-state index contributed by atoms with van der Waals surface area (Å²) < 4.78 is 0. The molecule has 3 N–H and O–H groups in total. The van der Waals surface area contributed by atoms with Gasteiger partial charge in [0.2, 0.25) is 5.91 Å². The number of nitrogens with two attached hydrogens (primary N) is 1. The van der Waals surface area contributed by atoms with Gasteiger partial charge in [-0.05, 0) is 38.5 Å². The van der Waals surface area contributed by atoms with E-state index in [2.05, 4.69) is 10.2 Å². The predicted molar refractivity (Wildman–Crippen MR) is 68.5 cm³/mol. The summed E-state index contributed by atoms with van der Waals surface area (Å²) >= 11 is 0. The van der Waals surface area contributed by atoms with E-state index in [4.69, 9.17) is 5.73 Å². The second-order valence-electron chi connectivity index (χ2n) is 5.54. The molecule has 1 heterocycles. The molecular weight excluding hydrogens is 214 g/mol. The molecule has 4 unspecified atom stereocenters. The van der Waals surface area contributed by atoms with Crippen molar-refractivity contribution >= 4 is 5.91 Å². The van der Waals surface area contributed by atoms with Crippen LogP contribution in [0.4, 0.5) is 0 Å². The van der Waals surface area contributed by atoms with Gasteiger partial charge >= 0.3 is 0 Å². The number of amides is 1. The number of nitrogens with one attached hydrogen (secondary N) is 1. The Bertz CT molecular complexity index is 282. The van der Waals surface area contributed by atoms with Crippen LogP contribution in [0.5, 0.6) is 0 Å². The Morgan fingerprint density at radius 1 is 1.47 bits per heavy atom. The molecule has 17 heavy (non-hydrogen) atoms. The van der Waals surface area contributed by atoms with Gasteiger partial charge in [0.15, 0.2) is 0 Å². The van der Waals surface area contributed by atoms with Crippen molar-refractivity contribution in [2.45, 2.75) is 45.2 Å². The summed E-state index contributed by atoms with van der Waals surface area (Å²) in [6, 6.07) is 0.341. The highest BCUT2D eigenvalue weighted by molar-refractivity contribution is 5.81. The lowest BCUT2D eigenvalue weighted by Gasteiger charge is -2.30. The van der Waals surface area contributed by atoms with Crippen molar-refractivity contribution in [3.63, 3.8) is 0 Å². The maximum atomic E-state index is 11.8. The number of nitrogens with zero attached hydrogens (tertiary/aromatic N) is 1. The molecule has 4 nitrogen and oxygen atoms in total. The number of likely N-dealkylation sites (tertiary alicyclic amines) is 1. The summed E-state index contributed by atoms with van der Waals surface area (Å²) in [4.78, 5) is 14.1. The van der Waals surface area contributed by atoms with Gasteiger partial charge in [-0.1, -0.05) is 6.42 Å². The average molecular weight is 239 g/mol. The van der Waals surface area contributed by atoms with Crippen molar-refractivity contribution in [1.29, 1.82) is 0 Å². The molecule has 0 aromatic rings. The van der Waals surface area contributed by atoms with Gasteiger partial charge in [0.1, 0.15) is 0 Å². The Labute approximate surface area is 104 Å². The Hall–Kier alpha value is -0.610. The zero-order chi connectivity index (χ0) is 12.4. The molecule has 1 aliphatic heterocycles. The zero-order valence-electron chi connectivity index (χ0n) is 11.0. The molecule has 1 saturated heterocycles. The molecule has 0 spiro atoms. The second kappa shape index (κ2) is 5.36. The fraction of sp³-hybridized carbons (Fsp3) is 0.923. The summed E-state index contributed by atoms with van der Waals surface area (Å²) in [5.74, 6) is 1.48. The van der Waals surface area contributed by atoms with E-state index in [0.29, 0.717) is 18.5 Å². The van der Waals surface area contributed by atoms with E-state index < -0.39 is 0 Å². The smallest absolute Gasteiger partial charge is 0.237 e. The van der Waals surface area contributed by atoms with Crippen molar-refractivity contribution < 1.29 is 4.79 Å². The van der Waals surface area contributed by atoms with Crippen LogP contribution < -0.4 is 11.1 Å². The van der Waals surface area contributed by atoms with E-state index in [1.165, 1.54) is 12.8 Å². The summed E-state index contributed by atoms with van der Waals surface area (Å²) in [6.07, 6.45) is 3.70. The van der Waals surface area contributed by atoms with Gasteiger partial charge in [0, 0.05) is 25.7 Å². The fourth-order valence-electron chi connectivity index (χ4n) is 3.36. The fourth-order valence-corrected chi connectivity index (χ4v) is 3.36. The Morgan fingerprint density at radius 3 is 2.88 bits per heavy atom. The predicted octanol–water partition coefficient (Wildman–Crippen LogP) is 0.570. The number of likely N-dealkylation sites (N-methyl/N-ethyl adjacent to an activating group) is 1. The first kappa shape index (κ1) is 12.8. The van der Waals surface area contributed by atoms with E-state index in [9.17, 15) is 4.79 Å². The average Bonchev–Trinajstić information content (AvgIpc) is 2.73. The monoisotopic (exact) mass is 239 g/mol. The lowest BCUT2D eigenvalue weighted by molar-refractivity contribution is -0.125. The summed E-state index contributed by atoms with van der Waals surface area (Å²) in [5.41, 5.74) is 6.19. The van der Waals surface area contributed by atoms with Crippen molar-refractivity contribution in [3.05, 3.63) is 0 Å². The van der Waals surface area contributed by atoms with E-state index in [1.807, 2.05) is 13.8 Å². The minimum absolute atomic E-state index is 0.00671. The SMILES string of the molecule is CCNC(=O)C(C)N1CC2CCCC(N)C2C1. The molecular formula is C13H25N3O. The number of hydrogen-bond donors (Lipinski definition) is 2. The highest BCUT2D eigenvalue weighted by atomic mass is 16.2. The molecule has 2 fully saturated rings. The van der Waals surface area contributed by atoms with Crippen molar-refractivity contribution in [3.8, 4) is 0 Å². The first-order valence-electron chi connectivity index (χ1n) is 6.90. The molecule has 1 aliphatic carbocycles. The lowest BCUT2D eigenvalue weighted by Crippen LogP contribution is -2.44. The van der Waals surface area contributed by atoms with Gasteiger partial charge in [-0.3, -0.25) is 9.69 Å². The third-order valence-corrected chi connectivity index (χ3v) is 4.46. The molecule has 0 bridgehead atoms. The minimum Gasteiger partial charge on any atom is -0.355 e. The lowest BCUT2D eigenvalue weighted by atomic mass is 9.78. The van der Waals surface area contributed by atoms with Crippen LogP contribution >= 0.6 is 0 Å². The summed E-state index contributed by atoms with van der Waals surface area (Å²) in [6.45, 7) is 6.74. The van der Waals surface area contributed by atoms with Gasteiger partial charge in [0.05, 0.1) is 6.04 Å². The minimum atomic E-state index is -0.00671. The van der Waals surface area contributed by atoms with Gasteiger partial charge in [-0.2, -0.15) is 0 Å². The highest BCUT2D eigenvalue weighted by Crippen LogP contribution is 2.36. The maximum absolute atomic E-state index is 11.8. The van der Waals surface area contributed by atoms with Gasteiger partial charge in [-0.25, -0.2) is 0 Å². The van der Waals surface area contributed by atoms with Gasteiger partial charge in [0.25, 0.3) is 0 Å². The van der Waals surface area contributed by atoms with Crippen LogP contribution in [0.1, 0.15) is 33.1 Å². The molecule has 1 saturated carbocycles. The Balaban J connectivity index is 1.94. The number of hydrogen-bond acceptors (Lipinski definition) is 3. The van der Waals surface area contributed by atoms with Crippen molar-refractivity contribution in [2.24, 2.45) is 17.6 Å². The molecule has 98 valence electrons. The first-order valence-corrected chi connectivity index (χ1v) is 6.90. The highest BCUT2D eigenvalue weighted by Gasteiger charge is 2.41. The quantitative estimate of drug-likeness (QED) is 0.757. The van der Waals surface area contributed by atoms with Gasteiger partial charge < -0.3 is 11.1 Å².